The monoisotopic (exact) mass is 419 g/mol. The normalized spacial score (nSPS) is 10.7. The first-order chi connectivity index (χ1) is 14.7. The van der Waals surface area contributed by atoms with Crippen molar-refractivity contribution in [1.29, 1.82) is 0 Å². The molecule has 0 fully saturated rings. The summed E-state index contributed by atoms with van der Waals surface area (Å²) in [6.45, 7) is 4.65. The zero-order chi connectivity index (χ0) is 21.9. The first kappa shape index (κ1) is 26.1. The number of aromatic nitrogens is 1. The van der Waals surface area contributed by atoms with Gasteiger partial charge in [-0.25, -0.2) is 14.6 Å². The number of ether oxygens (including phenoxy) is 2. The third-order valence-electron chi connectivity index (χ3n) is 5.17. The van der Waals surface area contributed by atoms with Crippen LogP contribution in [-0.2, 0) is 9.47 Å². The Balaban J connectivity index is 1.98. The minimum Gasteiger partial charge on any atom is -0.461 e. The molecule has 0 N–H and O–H groups in total. The summed E-state index contributed by atoms with van der Waals surface area (Å²) in [4.78, 5) is 27.8. The molecule has 170 valence electrons. The minimum atomic E-state index is -0.529. The Morgan fingerprint density at radius 1 is 0.667 bits per heavy atom. The summed E-state index contributed by atoms with van der Waals surface area (Å²) in [6.07, 6.45) is 18.1. The zero-order valence-corrected chi connectivity index (χ0v) is 19.1. The van der Waals surface area contributed by atoms with E-state index in [-0.39, 0.29) is 18.0 Å². The highest BCUT2D eigenvalue weighted by Gasteiger charge is 2.13. The number of hydrogen-bond acceptors (Lipinski definition) is 5. The number of carbonyl (C=O) groups is 2. The van der Waals surface area contributed by atoms with Gasteiger partial charge in [-0.2, -0.15) is 0 Å². The Kier molecular flexibility index (Phi) is 15.6. The van der Waals surface area contributed by atoms with Gasteiger partial charge in [0.15, 0.2) is 0 Å². The first-order valence-electron chi connectivity index (χ1n) is 12.0. The Hall–Kier alpha value is -1.91. The second kappa shape index (κ2) is 17.9. The van der Waals surface area contributed by atoms with Crippen LogP contribution in [0.15, 0.2) is 18.2 Å². The van der Waals surface area contributed by atoms with Gasteiger partial charge < -0.3 is 9.47 Å². The standard InChI is InChI=1S/C25H41NO4/c1-3-5-6-7-8-9-10-11-12-13-14-15-16-17-21-30-25(28)23-20-18-19-22(26-23)24(27)29-4-2/h18-20H,3-17,21H2,1-2H3. The first-order valence-corrected chi connectivity index (χ1v) is 12.0. The van der Waals surface area contributed by atoms with Gasteiger partial charge in [-0.15, -0.1) is 0 Å². The number of carbonyl (C=O) groups excluding carboxylic acids is 2. The predicted octanol–water partition coefficient (Wildman–Crippen LogP) is 6.90. The van der Waals surface area contributed by atoms with Crippen LogP contribution in [0.2, 0.25) is 0 Å². The van der Waals surface area contributed by atoms with Crippen molar-refractivity contribution in [3.05, 3.63) is 29.6 Å². The minimum absolute atomic E-state index is 0.128. The molecule has 30 heavy (non-hydrogen) atoms. The molecule has 0 saturated heterocycles. The lowest BCUT2D eigenvalue weighted by Crippen LogP contribution is -2.13. The Morgan fingerprint density at radius 3 is 1.57 bits per heavy atom. The van der Waals surface area contributed by atoms with E-state index in [4.69, 9.17) is 9.47 Å². The second-order valence-corrected chi connectivity index (χ2v) is 7.86. The average Bonchev–Trinajstić information content (AvgIpc) is 2.76. The Labute approximate surface area is 183 Å². The van der Waals surface area contributed by atoms with Crippen LogP contribution in [0.25, 0.3) is 0 Å². The van der Waals surface area contributed by atoms with E-state index in [1.54, 1.807) is 19.1 Å². The van der Waals surface area contributed by atoms with Crippen LogP contribution in [0, 0.1) is 0 Å². The van der Waals surface area contributed by atoms with Crippen LogP contribution in [0.4, 0.5) is 0 Å². The topological polar surface area (TPSA) is 65.5 Å². The highest BCUT2D eigenvalue weighted by atomic mass is 16.5. The van der Waals surface area contributed by atoms with Crippen molar-refractivity contribution in [1.82, 2.24) is 4.98 Å². The van der Waals surface area contributed by atoms with E-state index >= 15 is 0 Å². The summed E-state index contributed by atoms with van der Waals surface area (Å²) in [5, 5.41) is 0. The molecule has 0 aliphatic rings. The number of rotatable bonds is 18. The maximum Gasteiger partial charge on any atom is 0.356 e. The molecule has 0 bridgehead atoms. The van der Waals surface area contributed by atoms with E-state index in [2.05, 4.69) is 11.9 Å². The van der Waals surface area contributed by atoms with Gasteiger partial charge in [0.25, 0.3) is 0 Å². The molecule has 0 amide bonds. The summed E-state index contributed by atoms with van der Waals surface area (Å²) < 4.78 is 10.2. The molecule has 5 nitrogen and oxygen atoms in total. The average molecular weight is 420 g/mol. The van der Waals surface area contributed by atoms with Crippen LogP contribution in [0.3, 0.4) is 0 Å². The van der Waals surface area contributed by atoms with E-state index in [0.29, 0.717) is 6.61 Å². The van der Waals surface area contributed by atoms with Gasteiger partial charge in [0.2, 0.25) is 0 Å². The van der Waals surface area contributed by atoms with E-state index in [0.717, 1.165) is 12.8 Å². The van der Waals surface area contributed by atoms with Gasteiger partial charge in [0, 0.05) is 0 Å². The van der Waals surface area contributed by atoms with Crippen molar-refractivity contribution in [2.45, 2.75) is 104 Å². The maximum absolute atomic E-state index is 12.1. The molecule has 0 spiro atoms. The number of nitrogens with zero attached hydrogens (tertiary/aromatic N) is 1. The molecule has 0 unspecified atom stereocenters. The molecule has 0 radical (unpaired) electrons. The zero-order valence-electron chi connectivity index (χ0n) is 19.1. The van der Waals surface area contributed by atoms with Gasteiger partial charge in [-0.3, -0.25) is 0 Å². The van der Waals surface area contributed by atoms with E-state index in [1.165, 1.54) is 83.1 Å². The van der Waals surface area contributed by atoms with Gasteiger partial charge in [0.05, 0.1) is 13.2 Å². The molecule has 0 saturated carbocycles. The molecular weight excluding hydrogens is 378 g/mol. The SMILES string of the molecule is CCCCCCCCCCCCCCCCOC(=O)c1cccc(C(=O)OCC)n1. The summed E-state index contributed by atoms with van der Waals surface area (Å²) >= 11 is 0. The van der Waals surface area contributed by atoms with Crippen molar-refractivity contribution >= 4 is 11.9 Å². The summed E-state index contributed by atoms with van der Waals surface area (Å²) in [7, 11) is 0. The fraction of sp³-hybridized carbons (Fsp3) is 0.720. The molecule has 0 aliphatic heterocycles. The van der Waals surface area contributed by atoms with Gasteiger partial charge >= 0.3 is 11.9 Å². The molecule has 0 aliphatic carbocycles. The van der Waals surface area contributed by atoms with Crippen LogP contribution in [0.5, 0.6) is 0 Å². The van der Waals surface area contributed by atoms with Gasteiger partial charge in [0.1, 0.15) is 11.4 Å². The lowest BCUT2D eigenvalue weighted by Gasteiger charge is -2.06. The summed E-state index contributed by atoms with van der Waals surface area (Å²) in [6, 6.07) is 4.70. The van der Waals surface area contributed by atoms with Crippen LogP contribution in [0.1, 0.15) is 125 Å². The lowest BCUT2D eigenvalue weighted by atomic mass is 10.0. The molecule has 1 aromatic heterocycles. The Bertz CT molecular complexity index is 588. The quantitative estimate of drug-likeness (QED) is 0.191. The third-order valence-corrected chi connectivity index (χ3v) is 5.17. The Morgan fingerprint density at radius 2 is 1.10 bits per heavy atom. The summed E-state index contributed by atoms with van der Waals surface area (Å²) in [5.41, 5.74) is 0.272. The fourth-order valence-electron chi connectivity index (χ4n) is 3.40. The number of hydrogen-bond donors (Lipinski definition) is 0. The fourth-order valence-corrected chi connectivity index (χ4v) is 3.40. The van der Waals surface area contributed by atoms with Gasteiger partial charge in [-0.1, -0.05) is 96.5 Å². The van der Waals surface area contributed by atoms with Crippen molar-refractivity contribution < 1.29 is 19.1 Å². The van der Waals surface area contributed by atoms with E-state index < -0.39 is 11.9 Å². The van der Waals surface area contributed by atoms with Crippen LogP contribution >= 0.6 is 0 Å². The highest BCUT2D eigenvalue weighted by molar-refractivity contribution is 5.91. The highest BCUT2D eigenvalue weighted by Crippen LogP contribution is 2.13. The molecule has 5 heteroatoms. The van der Waals surface area contributed by atoms with E-state index in [1.807, 2.05) is 0 Å². The van der Waals surface area contributed by atoms with Crippen LogP contribution < -0.4 is 0 Å². The third kappa shape index (κ3) is 12.6. The molecule has 1 heterocycles. The molecule has 0 aromatic carbocycles. The number of unbranched alkanes of at least 4 members (excludes halogenated alkanes) is 13. The second-order valence-electron chi connectivity index (χ2n) is 7.86. The largest absolute Gasteiger partial charge is 0.461 e. The molecule has 0 atom stereocenters. The predicted molar refractivity (Wildman–Crippen MR) is 121 cm³/mol. The van der Waals surface area contributed by atoms with Crippen molar-refractivity contribution in [3.63, 3.8) is 0 Å². The van der Waals surface area contributed by atoms with Gasteiger partial charge in [-0.05, 0) is 25.5 Å². The van der Waals surface area contributed by atoms with Crippen LogP contribution in [-0.4, -0.2) is 30.1 Å². The lowest BCUT2D eigenvalue weighted by molar-refractivity contribution is 0.0488. The molecular formula is C25H41NO4. The molecule has 1 rings (SSSR count). The van der Waals surface area contributed by atoms with Crippen molar-refractivity contribution in [2.24, 2.45) is 0 Å². The maximum atomic E-state index is 12.1. The summed E-state index contributed by atoms with van der Waals surface area (Å²) in [5.74, 6) is -1.02. The van der Waals surface area contributed by atoms with Crippen molar-refractivity contribution in [3.8, 4) is 0 Å². The smallest absolute Gasteiger partial charge is 0.356 e. The molecule has 1 aromatic rings. The van der Waals surface area contributed by atoms with Crippen molar-refractivity contribution in [2.75, 3.05) is 13.2 Å². The number of esters is 2. The number of pyridine rings is 1. The van der Waals surface area contributed by atoms with E-state index in [9.17, 15) is 9.59 Å².